The molecule has 0 amide bonds. The van der Waals surface area contributed by atoms with Crippen LogP contribution in [-0.4, -0.2) is 21.1 Å². The summed E-state index contributed by atoms with van der Waals surface area (Å²) < 4.78 is 0. The maximum atomic E-state index is 10.6. The van der Waals surface area contributed by atoms with E-state index in [9.17, 15) is 10.1 Å². The van der Waals surface area contributed by atoms with E-state index in [1.807, 2.05) is 37.3 Å². The summed E-state index contributed by atoms with van der Waals surface area (Å²) in [6, 6.07) is 17.6. The zero-order valence-corrected chi connectivity index (χ0v) is 13.5. The highest BCUT2D eigenvalue weighted by atomic mass is 16.6. The highest BCUT2D eigenvalue weighted by molar-refractivity contribution is 5.80. The van der Waals surface area contributed by atoms with E-state index in [-0.39, 0.29) is 5.69 Å². The molecule has 0 radical (unpaired) electrons. The van der Waals surface area contributed by atoms with Crippen molar-refractivity contribution in [1.82, 2.24) is 9.97 Å². The molecule has 0 fully saturated rings. The first-order valence-corrected chi connectivity index (χ1v) is 7.56. The van der Waals surface area contributed by atoms with Crippen molar-refractivity contribution in [3.05, 3.63) is 82.0 Å². The minimum Gasteiger partial charge on any atom is -0.261 e. The molecule has 0 unspecified atom stereocenters. The van der Waals surface area contributed by atoms with Crippen molar-refractivity contribution in [2.75, 3.05) is 5.43 Å². The van der Waals surface area contributed by atoms with Crippen molar-refractivity contribution in [2.45, 2.75) is 6.92 Å². The molecule has 1 heterocycles. The Labute approximate surface area is 144 Å². The summed E-state index contributed by atoms with van der Waals surface area (Å²) in [5, 5.41) is 14.8. The molecule has 0 bridgehead atoms. The predicted octanol–water partition coefficient (Wildman–Crippen LogP) is 3.81. The Morgan fingerprint density at radius 2 is 1.80 bits per heavy atom. The number of aromatic nitrogens is 2. The topological polar surface area (TPSA) is 93.3 Å². The molecule has 0 aliphatic rings. The van der Waals surface area contributed by atoms with Gasteiger partial charge >= 0.3 is 0 Å². The number of benzene rings is 2. The number of nitrogens with one attached hydrogen (secondary N) is 1. The first-order chi connectivity index (χ1) is 12.1. The number of hydrogen-bond acceptors (Lipinski definition) is 6. The second-order valence-corrected chi connectivity index (χ2v) is 5.30. The van der Waals surface area contributed by atoms with Crippen molar-refractivity contribution in [3.63, 3.8) is 0 Å². The normalized spacial score (nSPS) is 10.8. The average Bonchev–Trinajstić information content (AvgIpc) is 2.62. The smallest absolute Gasteiger partial charge is 0.261 e. The first kappa shape index (κ1) is 16.3. The molecule has 3 rings (SSSR count). The molecular formula is C18H15N5O2. The van der Waals surface area contributed by atoms with E-state index in [4.69, 9.17) is 0 Å². The summed E-state index contributed by atoms with van der Waals surface area (Å²) in [7, 11) is 0. The number of nitro benzene ring substituents is 1. The molecule has 3 aromatic rings. The molecule has 0 saturated carbocycles. The Kier molecular flexibility index (Phi) is 4.75. The number of nitrogens with zero attached hydrogens (tertiary/aromatic N) is 4. The Bertz CT molecular complexity index is 909. The van der Waals surface area contributed by atoms with Crippen LogP contribution in [0.1, 0.15) is 11.3 Å². The number of nitro groups is 1. The molecule has 124 valence electrons. The zero-order valence-electron chi connectivity index (χ0n) is 13.5. The van der Waals surface area contributed by atoms with E-state index in [1.165, 1.54) is 12.1 Å². The van der Waals surface area contributed by atoms with E-state index >= 15 is 0 Å². The number of aryl methyl sites for hydroxylation is 1. The van der Waals surface area contributed by atoms with Gasteiger partial charge in [-0.1, -0.05) is 30.3 Å². The Hall–Kier alpha value is -3.61. The van der Waals surface area contributed by atoms with Crippen LogP contribution in [0.2, 0.25) is 0 Å². The van der Waals surface area contributed by atoms with E-state index in [1.54, 1.807) is 24.4 Å². The van der Waals surface area contributed by atoms with Gasteiger partial charge in [0.25, 0.3) is 5.69 Å². The largest absolute Gasteiger partial charge is 0.269 e. The van der Waals surface area contributed by atoms with Crippen molar-refractivity contribution in [3.8, 4) is 11.4 Å². The minimum absolute atomic E-state index is 0.0454. The third-order valence-corrected chi connectivity index (χ3v) is 3.38. The molecule has 2 aromatic carbocycles. The van der Waals surface area contributed by atoms with Crippen LogP contribution in [0, 0.1) is 17.0 Å². The maximum Gasteiger partial charge on any atom is 0.269 e. The molecule has 0 saturated heterocycles. The third kappa shape index (κ3) is 4.23. The summed E-state index contributed by atoms with van der Waals surface area (Å²) in [6.07, 6.45) is 1.57. The van der Waals surface area contributed by atoms with Gasteiger partial charge in [0, 0.05) is 29.5 Å². The summed E-state index contributed by atoms with van der Waals surface area (Å²) >= 11 is 0. The number of non-ortho nitro benzene ring substituents is 1. The van der Waals surface area contributed by atoms with Crippen LogP contribution in [0.3, 0.4) is 0 Å². The van der Waals surface area contributed by atoms with Crippen LogP contribution >= 0.6 is 0 Å². The van der Waals surface area contributed by atoms with Crippen LogP contribution in [0.15, 0.2) is 65.8 Å². The quantitative estimate of drug-likeness (QED) is 0.435. The first-order valence-electron chi connectivity index (χ1n) is 7.56. The van der Waals surface area contributed by atoms with E-state index < -0.39 is 4.92 Å². The molecule has 7 heteroatoms. The predicted molar refractivity (Wildman–Crippen MR) is 96.5 cm³/mol. The number of hydrogen-bond donors (Lipinski definition) is 1. The van der Waals surface area contributed by atoms with Gasteiger partial charge in [0.05, 0.1) is 11.1 Å². The Morgan fingerprint density at radius 1 is 1.08 bits per heavy atom. The maximum absolute atomic E-state index is 10.6. The molecule has 0 atom stereocenters. The van der Waals surface area contributed by atoms with Gasteiger partial charge in [-0.05, 0) is 24.6 Å². The summed E-state index contributed by atoms with van der Waals surface area (Å²) in [5.74, 6) is 1.19. The van der Waals surface area contributed by atoms with Gasteiger partial charge in [0.15, 0.2) is 11.6 Å². The summed E-state index contributed by atoms with van der Waals surface area (Å²) in [5.41, 5.74) is 5.40. The fourth-order valence-electron chi connectivity index (χ4n) is 2.20. The lowest BCUT2D eigenvalue weighted by molar-refractivity contribution is -0.384. The second kappa shape index (κ2) is 7.31. The number of rotatable bonds is 5. The summed E-state index contributed by atoms with van der Waals surface area (Å²) in [4.78, 5) is 19.1. The SMILES string of the molecule is Cc1cc(NN=Cc2ccc([N+](=O)[O-])cc2)nc(-c2ccccc2)n1. The molecule has 25 heavy (non-hydrogen) atoms. The second-order valence-electron chi connectivity index (χ2n) is 5.30. The van der Waals surface area contributed by atoms with Gasteiger partial charge in [-0.25, -0.2) is 9.97 Å². The van der Waals surface area contributed by atoms with Gasteiger partial charge in [0.1, 0.15) is 0 Å². The molecule has 0 spiro atoms. The fourth-order valence-corrected chi connectivity index (χ4v) is 2.20. The lowest BCUT2D eigenvalue weighted by Gasteiger charge is -2.05. The van der Waals surface area contributed by atoms with Crippen LogP contribution in [0.25, 0.3) is 11.4 Å². The lowest BCUT2D eigenvalue weighted by Crippen LogP contribution is -1.99. The van der Waals surface area contributed by atoms with Gasteiger partial charge < -0.3 is 0 Å². The van der Waals surface area contributed by atoms with E-state index in [0.717, 1.165) is 16.8 Å². The van der Waals surface area contributed by atoms with E-state index in [0.29, 0.717) is 11.6 Å². The monoisotopic (exact) mass is 333 g/mol. The number of hydrazone groups is 1. The minimum atomic E-state index is -0.437. The van der Waals surface area contributed by atoms with Crippen LogP contribution in [-0.2, 0) is 0 Å². The van der Waals surface area contributed by atoms with Gasteiger partial charge in [-0.2, -0.15) is 5.10 Å². The van der Waals surface area contributed by atoms with E-state index in [2.05, 4.69) is 20.5 Å². The summed E-state index contributed by atoms with van der Waals surface area (Å²) in [6.45, 7) is 1.89. The molecule has 7 nitrogen and oxygen atoms in total. The fraction of sp³-hybridized carbons (Fsp3) is 0.0556. The molecule has 1 N–H and O–H groups in total. The average molecular weight is 333 g/mol. The lowest BCUT2D eigenvalue weighted by atomic mass is 10.2. The standard InChI is InChI=1S/C18H15N5O2/c1-13-11-17(21-18(20-13)15-5-3-2-4-6-15)22-19-12-14-7-9-16(10-8-14)23(24)25/h2-12H,1H3,(H,20,21,22). The van der Waals surface area contributed by atoms with Gasteiger partial charge in [0.2, 0.25) is 0 Å². The number of anilines is 1. The van der Waals surface area contributed by atoms with Crippen molar-refractivity contribution < 1.29 is 4.92 Å². The Morgan fingerprint density at radius 3 is 2.48 bits per heavy atom. The highest BCUT2D eigenvalue weighted by Gasteiger charge is 2.04. The van der Waals surface area contributed by atoms with Crippen molar-refractivity contribution >= 4 is 17.7 Å². The van der Waals surface area contributed by atoms with Crippen molar-refractivity contribution in [2.24, 2.45) is 5.10 Å². The highest BCUT2D eigenvalue weighted by Crippen LogP contribution is 2.17. The van der Waals surface area contributed by atoms with Crippen LogP contribution in [0.5, 0.6) is 0 Å². The molecular weight excluding hydrogens is 318 g/mol. The van der Waals surface area contributed by atoms with Gasteiger partial charge in [-0.15, -0.1) is 0 Å². The zero-order chi connectivity index (χ0) is 17.6. The molecule has 0 aliphatic heterocycles. The Balaban J connectivity index is 1.74. The third-order valence-electron chi connectivity index (χ3n) is 3.38. The van der Waals surface area contributed by atoms with Crippen LogP contribution in [0.4, 0.5) is 11.5 Å². The van der Waals surface area contributed by atoms with Crippen molar-refractivity contribution in [1.29, 1.82) is 0 Å². The van der Waals surface area contributed by atoms with Gasteiger partial charge in [-0.3, -0.25) is 15.5 Å². The molecule has 0 aliphatic carbocycles. The van der Waals surface area contributed by atoms with Crippen LogP contribution < -0.4 is 5.43 Å². The molecule has 1 aromatic heterocycles.